The number of rotatable bonds is 11. The maximum Gasteiger partial charge on any atom is 0.417 e. The van der Waals surface area contributed by atoms with Crippen LogP contribution in [-0.4, -0.2) is 44.3 Å². The maximum absolute atomic E-state index is 13.8. The molecular formula is C29H31ClF3N3O4S. The van der Waals surface area contributed by atoms with E-state index in [-0.39, 0.29) is 11.4 Å². The fourth-order valence-electron chi connectivity index (χ4n) is 4.00. The Morgan fingerprint density at radius 3 is 2.22 bits per heavy atom. The van der Waals surface area contributed by atoms with Crippen LogP contribution in [0.1, 0.15) is 37.0 Å². The SMILES string of the molecule is CCCNC(=O)[C@H](C)N(Cc1ccc(C)cc1)C(=O)CN(c1ccc(Cl)c(C(F)(F)F)c1)S(=O)(=O)c1ccccc1. The number of anilines is 1. The van der Waals surface area contributed by atoms with E-state index >= 15 is 0 Å². The van der Waals surface area contributed by atoms with Crippen molar-refractivity contribution in [2.45, 2.75) is 50.9 Å². The zero-order valence-electron chi connectivity index (χ0n) is 22.8. The third kappa shape index (κ3) is 8.01. The van der Waals surface area contributed by atoms with Crippen LogP contribution in [0, 0.1) is 6.92 Å². The second kappa shape index (κ2) is 13.4. The molecule has 0 aromatic heterocycles. The van der Waals surface area contributed by atoms with Gasteiger partial charge in [-0.2, -0.15) is 13.2 Å². The lowest BCUT2D eigenvalue weighted by molar-refractivity contribution is -0.139. The second-order valence-electron chi connectivity index (χ2n) is 9.46. The van der Waals surface area contributed by atoms with Crippen LogP contribution in [0.25, 0.3) is 0 Å². The second-order valence-corrected chi connectivity index (χ2v) is 11.7. The Hall–Kier alpha value is -3.57. The molecule has 12 heteroatoms. The number of hydrogen-bond donors (Lipinski definition) is 1. The van der Waals surface area contributed by atoms with E-state index in [0.29, 0.717) is 28.9 Å². The van der Waals surface area contributed by atoms with Gasteiger partial charge in [0.2, 0.25) is 11.8 Å². The minimum atomic E-state index is -4.87. The van der Waals surface area contributed by atoms with Gasteiger partial charge in [0, 0.05) is 13.1 Å². The van der Waals surface area contributed by atoms with Gasteiger partial charge >= 0.3 is 6.18 Å². The number of carbonyl (C=O) groups is 2. The molecule has 7 nitrogen and oxygen atoms in total. The van der Waals surface area contributed by atoms with Crippen molar-refractivity contribution in [3.05, 3.63) is 94.5 Å². The van der Waals surface area contributed by atoms with Crippen molar-refractivity contribution in [1.29, 1.82) is 0 Å². The molecule has 0 bridgehead atoms. The van der Waals surface area contributed by atoms with Crippen LogP contribution in [0.15, 0.2) is 77.7 Å². The first-order valence-corrected chi connectivity index (χ1v) is 14.6. The van der Waals surface area contributed by atoms with Gasteiger partial charge in [-0.1, -0.05) is 66.6 Å². The maximum atomic E-state index is 13.8. The van der Waals surface area contributed by atoms with Crippen LogP contribution < -0.4 is 9.62 Å². The van der Waals surface area contributed by atoms with Crippen molar-refractivity contribution in [2.24, 2.45) is 0 Å². The number of sulfonamides is 1. The first kappa shape index (κ1) is 32.0. The summed E-state index contributed by atoms with van der Waals surface area (Å²) in [7, 11) is -4.52. The van der Waals surface area contributed by atoms with Crippen LogP contribution >= 0.6 is 11.6 Å². The highest BCUT2D eigenvalue weighted by molar-refractivity contribution is 7.92. The summed E-state index contributed by atoms with van der Waals surface area (Å²) in [5, 5.41) is 2.11. The third-order valence-corrected chi connectivity index (χ3v) is 8.46. The van der Waals surface area contributed by atoms with E-state index in [9.17, 15) is 31.2 Å². The number of carbonyl (C=O) groups excluding carboxylic acids is 2. The number of halogens is 4. The summed E-state index contributed by atoms with van der Waals surface area (Å²) in [6, 6.07) is 15.9. The Morgan fingerprint density at radius 1 is 1.00 bits per heavy atom. The summed E-state index contributed by atoms with van der Waals surface area (Å²) in [4.78, 5) is 27.7. The molecule has 3 aromatic rings. The highest BCUT2D eigenvalue weighted by atomic mass is 35.5. The van der Waals surface area contributed by atoms with Crippen LogP contribution in [0.3, 0.4) is 0 Å². The molecule has 3 aromatic carbocycles. The topological polar surface area (TPSA) is 86.8 Å². The molecule has 0 saturated carbocycles. The number of aryl methyl sites for hydroxylation is 1. The quantitative estimate of drug-likeness (QED) is 0.297. The molecule has 0 aliphatic heterocycles. The van der Waals surface area contributed by atoms with Crippen LogP contribution in [-0.2, 0) is 32.3 Å². The van der Waals surface area contributed by atoms with E-state index in [1.165, 1.54) is 36.1 Å². The fourth-order valence-corrected chi connectivity index (χ4v) is 5.65. The zero-order chi connectivity index (χ0) is 30.4. The molecule has 220 valence electrons. The average molecular weight is 610 g/mol. The number of benzene rings is 3. The summed E-state index contributed by atoms with van der Waals surface area (Å²) in [6.45, 7) is 4.74. The lowest BCUT2D eigenvalue weighted by atomic mass is 10.1. The van der Waals surface area contributed by atoms with E-state index in [1.54, 1.807) is 18.2 Å². The minimum absolute atomic E-state index is 0.0343. The van der Waals surface area contributed by atoms with Gasteiger partial charge < -0.3 is 10.2 Å². The molecule has 41 heavy (non-hydrogen) atoms. The van der Waals surface area contributed by atoms with Crippen LogP contribution in [0.4, 0.5) is 18.9 Å². The fraction of sp³-hybridized carbons (Fsp3) is 0.310. The van der Waals surface area contributed by atoms with Gasteiger partial charge in [-0.25, -0.2) is 8.42 Å². The summed E-state index contributed by atoms with van der Waals surface area (Å²) in [6.07, 6.45) is -4.21. The summed E-state index contributed by atoms with van der Waals surface area (Å²) in [5.74, 6) is -1.23. The Kier molecular flexibility index (Phi) is 10.4. The third-order valence-electron chi connectivity index (χ3n) is 6.34. The van der Waals surface area contributed by atoms with Gasteiger partial charge in [0.1, 0.15) is 12.6 Å². The van der Waals surface area contributed by atoms with Crippen molar-refractivity contribution < 1.29 is 31.2 Å². The number of amides is 2. The summed E-state index contributed by atoms with van der Waals surface area (Å²) >= 11 is 5.78. The smallest absolute Gasteiger partial charge is 0.354 e. The molecule has 1 N–H and O–H groups in total. The first-order chi connectivity index (χ1) is 19.3. The number of nitrogens with zero attached hydrogens (tertiary/aromatic N) is 2. The van der Waals surface area contributed by atoms with Gasteiger partial charge in [0.05, 0.1) is 21.2 Å². The number of hydrogen-bond acceptors (Lipinski definition) is 4. The molecule has 0 unspecified atom stereocenters. The Bertz CT molecular complexity index is 1470. The van der Waals surface area contributed by atoms with E-state index < -0.39 is 56.9 Å². The van der Waals surface area contributed by atoms with Gasteiger partial charge in [0.25, 0.3) is 10.0 Å². The van der Waals surface area contributed by atoms with E-state index in [1.807, 2.05) is 26.0 Å². The van der Waals surface area contributed by atoms with E-state index in [0.717, 1.165) is 17.7 Å². The predicted octanol–water partition coefficient (Wildman–Crippen LogP) is 5.81. The van der Waals surface area contributed by atoms with Crippen molar-refractivity contribution in [2.75, 3.05) is 17.4 Å². The molecule has 0 fully saturated rings. The van der Waals surface area contributed by atoms with E-state index in [2.05, 4.69) is 5.32 Å². The normalized spacial score (nSPS) is 12.5. The largest absolute Gasteiger partial charge is 0.417 e. The molecule has 2 amide bonds. The van der Waals surface area contributed by atoms with Crippen molar-refractivity contribution in [3.63, 3.8) is 0 Å². The first-order valence-electron chi connectivity index (χ1n) is 12.8. The Labute approximate surface area is 243 Å². The molecular weight excluding hydrogens is 579 g/mol. The van der Waals surface area contributed by atoms with Gasteiger partial charge in [0.15, 0.2) is 0 Å². The molecule has 0 heterocycles. The number of alkyl halides is 3. The van der Waals surface area contributed by atoms with Crippen LogP contribution in [0.5, 0.6) is 0 Å². The summed E-state index contributed by atoms with van der Waals surface area (Å²) < 4.78 is 69.2. The molecule has 1 atom stereocenters. The van der Waals surface area contributed by atoms with Crippen LogP contribution in [0.2, 0.25) is 5.02 Å². The average Bonchev–Trinajstić information content (AvgIpc) is 2.94. The monoisotopic (exact) mass is 609 g/mol. The van der Waals surface area contributed by atoms with E-state index in [4.69, 9.17) is 11.6 Å². The number of nitrogens with one attached hydrogen (secondary N) is 1. The van der Waals surface area contributed by atoms with Gasteiger partial charge in [-0.15, -0.1) is 0 Å². The minimum Gasteiger partial charge on any atom is -0.354 e. The summed E-state index contributed by atoms with van der Waals surface area (Å²) in [5.41, 5.74) is 0.00427. The Balaban J connectivity index is 2.09. The molecule has 0 aliphatic carbocycles. The predicted molar refractivity (Wildman–Crippen MR) is 152 cm³/mol. The highest BCUT2D eigenvalue weighted by Gasteiger charge is 2.36. The molecule has 0 spiro atoms. The zero-order valence-corrected chi connectivity index (χ0v) is 24.4. The highest BCUT2D eigenvalue weighted by Crippen LogP contribution is 2.38. The standard InChI is InChI=1S/C29H31ClF3N3O4S/c1-4-16-34-28(38)21(3)35(18-22-12-10-20(2)11-13-22)27(37)19-36(41(39,40)24-8-6-5-7-9-24)23-14-15-26(30)25(17-23)29(31,32)33/h5-15,17,21H,4,16,18-19H2,1-3H3,(H,34,38)/t21-/m0/s1. The van der Waals surface area contributed by atoms with Crippen molar-refractivity contribution in [1.82, 2.24) is 10.2 Å². The van der Waals surface area contributed by atoms with Gasteiger partial charge in [-0.05, 0) is 56.2 Å². The molecule has 3 rings (SSSR count). The molecule has 0 saturated heterocycles. The Morgan fingerprint density at radius 2 is 1.63 bits per heavy atom. The molecule has 0 radical (unpaired) electrons. The van der Waals surface area contributed by atoms with Crippen molar-refractivity contribution in [3.8, 4) is 0 Å². The van der Waals surface area contributed by atoms with Gasteiger partial charge in [-0.3, -0.25) is 13.9 Å². The van der Waals surface area contributed by atoms with Crippen molar-refractivity contribution >= 4 is 39.1 Å². The lowest BCUT2D eigenvalue weighted by Gasteiger charge is -2.32. The lowest BCUT2D eigenvalue weighted by Crippen LogP contribution is -2.51. The molecule has 0 aliphatic rings.